The molecule has 0 unspecified atom stereocenters. The summed E-state index contributed by atoms with van der Waals surface area (Å²) in [5.74, 6) is -3.80. The summed E-state index contributed by atoms with van der Waals surface area (Å²) in [5, 5.41) is 2.50. The molecule has 0 aromatic heterocycles. The van der Waals surface area contributed by atoms with Crippen LogP contribution in [0.3, 0.4) is 0 Å². The third-order valence-corrected chi connectivity index (χ3v) is 4.02. The van der Waals surface area contributed by atoms with E-state index < -0.39 is 67.0 Å². The number of carbonyl (C=O) groups is 6. The van der Waals surface area contributed by atoms with E-state index in [-0.39, 0.29) is 18.6 Å². The van der Waals surface area contributed by atoms with Crippen molar-refractivity contribution in [2.24, 2.45) is 0 Å². The van der Waals surface area contributed by atoms with E-state index in [9.17, 15) is 28.8 Å². The van der Waals surface area contributed by atoms with Crippen molar-refractivity contribution >= 4 is 35.6 Å². The Hall–Kier alpha value is -3.02. The van der Waals surface area contributed by atoms with E-state index in [1.807, 2.05) is 0 Å². The molecular formula is C19H27NO11. The molecule has 174 valence electrons. The highest BCUT2D eigenvalue weighted by molar-refractivity contribution is 5.83. The molecule has 0 aromatic carbocycles. The van der Waals surface area contributed by atoms with E-state index in [0.29, 0.717) is 0 Å². The fourth-order valence-corrected chi connectivity index (χ4v) is 2.87. The average Bonchev–Trinajstić information content (AvgIpc) is 2.62. The van der Waals surface area contributed by atoms with Crippen molar-refractivity contribution in [3.63, 3.8) is 0 Å². The molecule has 5 atom stereocenters. The second-order valence-electron chi connectivity index (χ2n) is 6.90. The van der Waals surface area contributed by atoms with E-state index in [2.05, 4.69) is 5.32 Å². The maximum atomic E-state index is 12.3. The molecule has 1 fully saturated rings. The van der Waals surface area contributed by atoms with Gasteiger partial charge in [-0.3, -0.25) is 24.0 Å². The Morgan fingerprint density at radius 1 is 0.742 bits per heavy atom. The van der Waals surface area contributed by atoms with Crippen LogP contribution in [0.15, 0.2) is 0 Å². The Morgan fingerprint density at radius 3 is 1.77 bits per heavy atom. The van der Waals surface area contributed by atoms with Crippen molar-refractivity contribution in [3.8, 4) is 0 Å². The van der Waals surface area contributed by atoms with Crippen LogP contribution in [-0.4, -0.2) is 72.8 Å². The van der Waals surface area contributed by atoms with Gasteiger partial charge in [-0.05, 0) is 6.92 Å². The quantitative estimate of drug-likeness (QED) is 0.362. The zero-order valence-corrected chi connectivity index (χ0v) is 18.0. The Balaban J connectivity index is 3.29. The van der Waals surface area contributed by atoms with Gasteiger partial charge in [0, 0.05) is 40.5 Å². The Kier molecular flexibility index (Phi) is 10.1. The first-order chi connectivity index (χ1) is 14.4. The molecule has 0 saturated carbocycles. The standard InChI is InChI=1S/C19H27NO11/c1-9(21)6-7-15(26)20-16-18(29-12(4)24)17(28-11(3)23)14(8-27-10(2)22)31-19(16)30-13(5)25/h14,16-19H,6-8H2,1-5H3,(H,20,26)/t14-,16+,17-,18-,19-/m1/s1. The number of amides is 1. The largest absolute Gasteiger partial charge is 0.463 e. The van der Waals surface area contributed by atoms with Crippen LogP contribution in [0.25, 0.3) is 0 Å². The highest BCUT2D eigenvalue weighted by Crippen LogP contribution is 2.28. The van der Waals surface area contributed by atoms with Crippen LogP contribution < -0.4 is 5.32 Å². The second-order valence-corrected chi connectivity index (χ2v) is 6.90. The number of hydrogen-bond acceptors (Lipinski definition) is 11. The minimum atomic E-state index is -1.46. The first-order valence-electron chi connectivity index (χ1n) is 9.50. The van der Waals surface area contributed by atoms with E-state index in [4.69, 9.17) is 23.7 Å². The van der Waals surface area contributed by atoms with Crippen molar-refractivity contribution in [1.82, 2.24) is 5.32 Å². The van der Waals surface area contributed by atoms with E-state index in [1.54, 1.807) is 0 Å². The number of hydrogen-bond donors (Lipinski definition) is 1. The van der Waals surface area contributed by atoms with E-state index in [0.717, 1.165) is 27.7 Å². The molecule has 1 amide bonds. The fraction of sp³-hybridized carbons (Fsp3) is 0.684. The predicted molar refractivity (Wildman–Crippen MR) is 100 cm³/mol. The number of carbonyl (C=O) groups excluding carboxylic acids is 6. The van der Waals surface area contributed by atoms with Gasteiger partial charge < -0.3 is 33.8 Å². The lowest BCUT2D eigenvalue weighted by atomic mass is 9.95. The van der Waals surface area contributed by atoms with Crippen LogP contribution in [0, 0.1) is 0 Å². The highest BCUT2D eigenvalue weighted by Gasteiger charge is 2.52. The molecule has 1 aliphatic heterocycles. The van der Waals surface area contributed by atoms with Crippen molar-refractivity contribution in [3.05, 3.63) is 0 Å². The van der Waals surface area contributed by atoms with Crippen LogP contribution in [0.5, 0.6) is 0 Å². The number of Topliss-reactive ketones (excluding diaryl/α,β-unsaturated/α-hetero) is 1. The fourth-order valence-electron chi connectivity index (χ4n) is 2.87. The van der Waals surface area contributed by atoms with Gasteiger partial charge in [0.1, 0.15) is 24.5 Å². The monoisotopic (exact) mass is 445 g/mol. The van der Waals surface area contributed by atoms with Crippen molar-refractivity contribution in [2.45, 2.75) is 78.1 Å². The van der Waals surface area contributed by atoms with Gasteiger partial charge in [0.2, 0.25) is 12.2 Å². The molecule has 1 heterocycles. The summed E-state index contributed by atoms with van der Waals surface area (Å²) in [5.41, 5.74) is 0. The van der Waals surface area contributed by atoms with Crippen molar-refractivity contribution in [1.29, 1.82) is 0 Å². The van der Waals surface area contributed by atoms with Crippen LogP contribution in [0.1, 0.15) is 47.5 Å². The molecule has 31 heavy (non-hydrogen) atoms. The molecule has 12 heteroatoms. The number of nitrogens with one attached hydrogen (secondary N) is 1. The van der Waals surface area contributed by atoms with E-state index in [1.165, 1.54) is 6.92 Å². The van der Waals surface area contributed by atoms with Gasteiger partial charge in [0.25, 0.3) is 0 Å². The first kappa shape index (κ1) is 26.0. The molecule has 0 bridgehead atoms. The minimum Gasteiger partial charge on any atom is -0.463 e. The maximum absolute atomic E-state index is 12.3. The van der Waals surface area contributed by atoms with Crippen LogP contribution >= 0.6 is 0 Å². The molecule has 1 aliphatic rings. The summed E-state index contributed by atoms with van der Waals surface area (Å²) < 4.78 is 26.2. The number of esters is 4. The maximum Gasteiger partial charge on any atom is 0.305 e. The van der Waals surface area contributed by atoms with Gasteiger partial charge in [-0.1, -0.05) is 0 Å². The lowest BCUT2D eigenvalue weighted by Crippen LogP contribution is -2.67. The van der Waals surface area contributed by atoms with Gasteiger partial charge in [-0.15, -0.1) is 0 Å². The van der Waals surface area contributed by atoms with Gasteiger partial charge in [0.05, 0.1) is 0 Å². The number of ether oxygens (including phenoxy) is 5. The Labute approximate surface area is 178 Å². The number of ketones is 1. The Morgan fingerprint density at radius 2 is 1.29 bits per heavy atom. The van der Waals surface area contributed by atoms with Crippen molar-refractivity contribution < 1.29 is 52.5 Å². The molecule has 0 radical (unpaired) electrons. The summed E-state index contributed by atoms with van der Waals surface area (Å²) in [7, 11) is 0. The highest BCUT2D eigenvalue weighted by atomic mass is 16.7. The summed E-state index contributed by atoms with van der Waals surface area (Å²) in [6, 6.07) is -1.27. The van der Waals surface area contributed by atoms with E-state index >= 15 is 0 Å². The molecule has 0 aliphatic carbocycles. The lowest BCUT2D eigenvalue weighted by molar-refractivity contribution is -0.271. The smallest absolute Gasteiger partial charge is 0.305 e. The number of rotatable bonds is 9. The topological polar surface area (TPSA) is 161 Å². The molecule has 0 aromatic rings. The predicted octanol–water partition coefficient (Wildman–Crippen LogP) is -0.445. The molecule has 1 rings (SSSR count). The van der Waals surface area contributed by atoms with Crippen LogP contribution in [0.4, 0.5) is 0 Å². The normalized spacial score (nSPS) is 25.0. The minimum absolute atomic E-state index is 0.0433. The molecule has 1 N–H and O–H groups in total. The van der Waals surface area contributed by atoms with Crippen LogP contribution in [-0.2, 0) is 52.5 Å². The zero-order chi connectivity index (χ0) is 23.7. The average molecular weight is 445 g/mol. The summed E-state index contributed by atoms with van der Waals surface area (Å²) >= 11 is 0. The third kappa shape index (κ3) is 9.11. The molecule has 1 saturated heterocycles. The van der Waals surface area contributed by atoms with Gasteiger partial charge in [-0.25, -0.2) is 0 Å². The Bertz CT molecular complexity index is 720. The first-order valence-corrected chi connectivity index (χ1v) is 9.50. The van der Waals surface area contributed by atoms with Gasteiger partial charge in [0.15, 0.2) is 12.2 Å². The van der Waals surface area contributed by atoms with Gasteiger partial charge >= 0.3 is 23.9 Å². The molecular weight excluding hydrogens is 418 g/mol. The molecule has 12 nitrogen and oxygen atoms in total. The summed E-state index contributed by atoms with van der Waals surface area (Å²) in [6.45, 7) is 5.35. The summed E-state index contributed by atoms with van der Waals surface area (Å²) in [4.78, 5) is 69.7. The second kappa shape index (κ2) is 12.0. The third-order valence-electron chi connectivity index (χ3n) is 4.02. The van der Waals surface area contributed by atoms with Gasteiger partial charge in [-0.2, -0.15) is 0 Å². The summed E-state index contributed by atoms with van der Waals surface area (Å²) in [6.07, 6.45) is -5.51. The SMILES string of the molecule is CC(=O)CCC(=O)N[C@@H]1[C@H](OC(C)=O)O[C@H](COC(C)=O)[C@@H](OC(C)=O)[C@@H]1OC(C)=O. The zero-order valence-electron chi connectivity index (χ0n) is 18.0. The lowest BCUT2D eigenvalue weighted by Gasteiger charge is -2.44. The molecule has 0 spiro atoms. The van der Waals surface area contributed by atoms with Crippen molar-refractivity contribution in [2.75, 3.05) is 6.61 Å². The van der Waals surface area contributed by atoms with Crippen LogP contribution in [0.2, 0.25) is 0 Å².